The number of fused-ring (bicyclic) bond motifs is 1. The summed E-state index contributed by atoms with van der Waals surface area (Å²) >= 11 is 3.43. The highest BCUT2D eigenvalue weighted by Gasteiger charge is 2.33. The first-order valence-corrected chi connectivity index (χ1v) is 7.50. The summed E-state index contributed by atoms with van der Waals surface area (Å²) < 4.78 is 6.19. The molecular weight excluding hydrogens is 322 g/mol. The third-order valence-electron chi connectivity index (χ3n) is 3.26. The van der Waals surface area contributed by atoms with Crippen molar-refractivity contribution in [2.75, 3.05) is 4.90 Å². The van der Waals surface area contributed by atoms with Gasteiger partial charge in [0.2, 0.25) is 5.91 Å². The third kappa shape index (κ3) is 3.03. The summed E-state index contributed by atoms with van der Waals surface area (Å²) in [5.41, 5.74) is 1.88. The number of amides is 1. The largest absolute Gasteiger partial charge is 0.461 e. The molecule has 1 aromatic carbocycles. The van der Waals surface area contributed by atoms with Crippen molar-refractivity contribution < 1.29 is 14.3 Å². The van der Waals surface area contributed by atoms with E-state index >= 15 is 0 Å². The molecule has 0 saturated carbocycles. The summed E-state index contributed by atoms with van der Waals surface area (Å²) in [7, 11) is 0. The lowest BCUT2D eigenvalue weighted by molar-refractivity contribution is -0.149. The third-order valence-corrected chi connectivity index (χ3v) is 3.75. The van der Waals surface area contributed by atoms with Gasteiger partial charge in [0.1, 0.15) is 6.04 Å². The van der Waals surface area contributed by atoms with E-state index < -0.39 is 6.04 Å². The summed E-state index contributed by atoms with van der Waals surface area (Å²) in [4.78, 5) is 25.8. The highest BCUT2D eigenvalue weighted by Crippen LogP contribution is 2.32. The maximum absolute atomic E-state index is 12.2. The number of aryl methyl sites for hydroxylation is 1. The van der Waals surface area contributed by atoms with Crippen LogP contribution in [-0.2, 0) is 20.7 Å². The van der Waals surface area contributed by atoms with Crippen LogP contribution in [0.3, 0.4) is 0 Å². The Balaban J connectivity index is 2.31. The summed E-state index contributed by atoms with van der Waals surface area (Å²) in [6, 6.07) is 5.14. The van der Waals surface area contributed by atoms with E-state index in [0.717, 1.165) is 15.7 Å². The standard InChI is InChI=1S/C15H18BrNO3/c1-9(2)20-15(19)10(3)17-13-6-5-12(16)8-11(13)4-7-14(17)18/h5-6,8-10H,4,7H2,1-3H3. The van der Waals surface area contributed by atoms with Crippen LogP contribution in [0.1, 0.15) is 32.8 Å². The summed E-state index contributed by atoms with van der Waals surface area (Å²) in [5.74, 6) is -0.405. The van der Waals surface area contributed by atoms with Crippen molar-refractivity contribution in [1.29, 1.82) is 0 Å². The Morgan fingerprint density at radius 3 is 2.65 bits per heavy atom. The fourth-order valence-corrected chi connectivity index (χ4v) is 2.76. The van der Waals surface area contributed by atoms with E-state index in [1.165, 1.54) is 0 Å². The molecule has 1 heterocycles. The fourth-order valence-electron chi connectivity index (χ4n) is 2.35. The number of nitrogens with zero attached hydrogens (tertiary/aromatic N) is 1. The molecule has 2 rings (SSSR count). The number of hydrogen-bond acceptors (Lipinski definition) is 3. The second-order valence-electron chi connectivity index (χ2n) is 5.20. The van der Waals surface area contributed by atoms with E-state index in [9.17, 15) is 9.59 Å². The molecule has 0 aromatic heterocycles. The Hall–Kier alpha value is -1.36. The Morgan fingerprint density at radius 2 is 2.00 bits per heavy atom. The Morgan fingerprint density at radius 1 is 1.30 bits per heavy atom. The van der Waals surface area contributed by atoms with Crippen LogP contribution in [0.25, 0.3) is 0 Å². The Labute approximate surface area is 127 Å². The summed E-state index contributed by atoms with van der Waals surface area (Å²) in [5, 5.41) is 0. The molecule has 0 saturated heterocycles. The number of ether oxygens (including phenoxy) is 1. The predicted molar refractivity (Wildman–Crippen MR) is 80.6 cm³/mol. The van der Waals surface area contributed by atoms with Gasteiger partial charge in [0.05, 0.1) is 6.10 Å². The van der Waals surface area contributed by atoms with Gasteiger partial charge in [-0.1, -0.05) is 15.9 Å². The van der Waals surface area contributed by atoms with Crippen LogP contribution in [0, 0.1) is 0 Å². The van der Waals surface area contributed by atoms with Crippen molar-refractivity contribution in [3.63, 3.8) is 0 Å². The van der Waals surface area contributed by atoms with Gasteiger partial charge >= 0.3 is 5.97 Å². The van der Waals surface area contributed by atoms with Crippen LogP contribution in [0.4, 0.5) is 5.69 Å². The van der Waals surface area contributed by atoms with Crippen LogP contribution < -0.4 is 4.90 Å². The van der Waals surface area contributed by atoms with Gasteiger partial charge in [0.25, 0.3) is 0 Å². The topological polar surface area (TPSA) is 46.6 Å². The van der Waals surface area contributed by atoms with Crippen LogP contribution in [-0.4, -0.2) is 24.0 Å². The lowest BCUT2D eigenvalue weighted by Crippen LogP contribution is -2.47. The van der Waals surface area contributed by atoms with Crippen LogP contribution in [0.15, 0.2) is 22.7 Å². The maximum Gasteiger partial charge on any atom is 0.329 e. The molecule has 4 nitrogen and oxygen atoms in total. The second kappa shape index (κ2) is 5.95. The molecule has 0 radical (unpaired) electrons. The van der Waals surface area contributed by atoms with Crippen molar-refractivity contribution in [3.8, 4) is 0 Å². The van der Waals surface area contributed by atoms with E-state index in [1.807, 2.05) is 18.2 Å². The first-order valence-electron chi connectivity index (χ1n) is 6.71. The molecule has 5 heteroatoms. The molecule has 1 atom stereocenters. The lowest BCUT2D eigenvalue weighted by Gasteiger charge is -2.33. The van der Waals surface area contributed by atoms with Gasteiger partial charge in [-0.15, -0.1) is 0 Å². The first-order chi connectivity index (χ1) is 9.40. The normalized spacial score (nSPS) is 16.1. The number of rotatable bonds is 3. The van der Waals surface area contributed by atoms with Crippen molar-refractivity contribution >= 4 is 33.5 Å². The molecule has 0 spiro atoms. The van der Waals surface area contributed by atoms with E-state index in [-0.39, 0.29) is 18.0 Å². The molecule has 1 aliphatic heterocycles. The molecule has 108 valence electrons. The van der Waals surface area contributed by atoms with Crippen LogP contribution in [0.5, 0.6) is 0 Å². The molecular formula is C15H18BrNO3. The zero-order valence-corrected chi connectivity index (χ0v) is 13.4. The Kier molecular flexibility index (Phi) is 4.48. The molecule has 0 aliphatic carbocycles. The number of halogens is 1. The highest BCUT2D eigenvalue weighted by molar-refractivity contribution is 9.10. The monoisotopic (exact) mass is 339 g/mol. The van der Waals surface area contributed by atoms with Crippen LogP contribution >= 0.6 is 15.9 Å². The zero-order valence-electron chi connectivity index (χ0n) is 11.9. The number of carbonyl (C=O) groups excluding carboxylic acids is 2. The molecule has 0 bridgehead atoms. The van der Waals surface area contributed by atoms with Gasteiger partial charge < -0.3 is 4.74 Å². The maximum atomic E-state index is 12.2. The number of anilines is 1. The quantitative estimate of drug-likeness (QED) is 0.795. The molecule has 0 fully saturated rings. The van der Waals surface area contributed by atoms with Gasteiger partial charge in [-0.3, -0.25) is 9.69 Å². The lowest BCUT2D eigenvalue weighted by atomic mass is 9.99. The van der Waals surface area contributed by atoms with Crippen LogP contribution in [0.2, 0.25) is 0 Å². The molecule has 20 heavy (non-hydrogen) atoms. The SMILES string of the molecule is CC(C)OC(=O)C(C)N1C(=O)CCc2cc(Br)ccc21. The van der Waals surface area contributed by atoms with Gasteiger partial charge in [-0.2, -0.15) is 0 Å². The summed E-state index contributed by atoms with van der Waals surface area (Å²) in [6.07, 6.45) is 0.938. The zero-order chi connectivity index (χ0) is 14.9. The van der Waals surface area contributed by atoms with Gasteiger partial charge in [0.15, 0.2) is 0 Å². The van der Waals surface area contributed by atoms with Crippen molar-refractivity contribution in [3.05, 3.63) is 28.2 Å². The van der Waals surface area contributed by atoms with Crippen molar-refractivity contribution in [2.24, 2.45) is 0 Å². The fraction of sp³-hybridized carbons (Fsp3) is 0.467. The summed E-state index contributed by atoms with van der Waals surface area (Å²) in [6.45, 7) is 5.31. The van der Waals surface area contributed by atoms with Gasteiger partial charge in [0, 0.05) is 16.6 Å². The van der Waals surface area contributed by atoms with E-state index in [4.69, 9.17) is 4.74 Å². The smallest absolute Gasteiger partial charge is 0.329 e. The number of hydrogen-bond donors (Lipinski definition) is 0. The second-order valence-corrected chi connectivity index (χ2v) is 6.11. The minimum Gasteiger partial charge on any atom is -0.461 e. The number of benzene rings is 1. The van der Waals surface area contributed by atoms with Crippen molar-refractivity contribution in [2.45, 2.75) is 45.8 Å². The highest BCUT2D eigenvalue weighted by atomic mass is 79.9. The average molecular weight is 340 g/mol. The predicted octanol–water partition coefficient (Wildman–Crippen LogP) is 3.07. The molecule has 1 unspecified atom stereocenters. The minimum atomic E-state index is -0.606. The molecule has 0 N–H and O–H groups in total. The first kappa shape index (κ1) is 15.0. The Bertz CT molecular complexity index is 542. The van der Waals surface area contributed by atoms with E-state index in [1.54, 1.807) is 25.7 Å². The van der Waals surface area contributed by atoms with E-state index in [2.05, 4.69) is 15.9 Å². The van der Waals surface area contributed by atoms with E-state index in [0.29, 0.717) is 12.8 Å². The average Bonchev–Trinajstić information content (AvgIpc) is 2.37. The van der Waals surface area contributed by atoms with Gasteiger partial charge in [-0.05, 0) is 51.0 Å². The van der Waals surface area contributed by atoms with Crippen molar-refractivity contribution in [1.82, 2.24) is 0 Å². The number of carbonyl (C=O) groups is 2. The molecule has 1 aromatic rings. The molecule has 1 amide bonds. The number of esters is 1. The minimum absolute atomic E-state index is 0.0342. The van der Waals surface area contributed by atoms with Gasteiger partial charge in [-0.25, -0.2) is 4.79 Å². The molecule has 1 aliphatic rings.